The monoisotopic (exact) mass is 372 g/mol. The molecule has 3 aromatic rings. The third-order valence-electron chi connectivity index (χ3n) is 5.17. The van der Waals surface area contributed by atoms with Crippen molar-refractivity contribution in [2.45, 2.75) is 32.7 Å². The SMILES string of the molecule is CC(C)c1ccccc1NC(=O)c1ccc(N2CCc3ccccc3C2)nn1. The van der Waals surface area contributed by atoms with Gasteiger partial charge >= 0.3 is 0 Å². The van der Waals surface area contributed by atoms with Crippen LogP contribution in [0.2, 0.25) is 0 Å². The summed E-state index contributed by atoms with van der Waals surface area (Å²) in [6.07, 6.45) is 0.992. The molecule has 2 heterocycles. The van der Waals surface area contributed by atoms with E-state index in [1.54, 1.807) is 6.07 Å². The van der Waals surface area contributed by atoms with E-state index >= 15 is 0 Å². The van der Waals surface area contributed by atoms with Crippen molar-refractivity contribution in [3.63, 3.8) is 0 Å². The van der Waals surface area contributed by atoms with Crippen LogP contribution in [0.1, 0.15) is 46.9 Å². The molecule has 28 heavy (non-hydrogen) atoms. The Bertz CT molecular complexity index is 982. The van der Waals surface area contributed by atoms with Crippen molar-refractivity contribution in [2.24, 2.45) is 0 Å². The molecule has 0 saturated heterocycles. The fraction of sp³-hybridized carbons (Fsp3) is 0.261. The van der Waals surface area contributed by atoms with Gasteiger partial charge in [0.1, 0.15) is 0 Å². The van der Waals surface area contributed by atoms with Crippen LogP contribution in [0.3, 0.4) is 0 Å². The summed E-state index contributed by atoms with van der Waals surface area (Å²) in [5.41, 5.74) is 4.96. The van der Waals surface area contributed by atoms with Crippen LogP contribution in [0.25, 0.3) is 0 Å². The first kappa shape index (κ1) is 18.2. The number of benzene rings is 2. The van der Waals surface area contributed by atoms with Crippen LogP contribution in [0.4, 0.5) is 11.5 Å². The van der Waals surface area contributed by atoms with Crippen LogP contribution < -0.4 is 10.2 Å². The lowest BCUT2D eigenvalue weighted by Gasteiger charge is -2.29. The number of fused-ring (bicyclic) bond motifs is 1. The van der Waals surface area contributed by atoms with E-state index in [1.807, 2.05) is 30.3 Å². The molecule has 0 atom stereocenters. The number of amides is 1. The first-order valence-electron chi connectivity index (χ1n) is 9.67. The smallest absolute Gasteiger partial charge is 0.276 e. The molecule has 5 nitrogen and oxygen atoms in total. The number of para-hydroxylation sites is 1. The summed E-state index contributed by atoms with van der Waals surface area (Å²) in [5.74, 6) is 0.886. The molecule has 0 radical (unpaired) electrons. The van der Waals surface area contributed by atoms with Crippen LogP contribution in [-0.2, 0) is 13.0 Å². The third-order valence-corrected chi connectivity index (χ3v) is 5.17. The predicted octanol–water partition coefficient (Wildman–Crippen LogP) is 4.42. The Hall–Kier alpha value is -3.21. The number of rotatable bonds is 4. The molecule has 4 rings (SSSR count). The number of hydrogen-bond acceptors (Lipinski definition) is 4. The van der Waals surface area contributed by atoms with E-state index < -0.39 is 0 Å². The molecule has 1 N–H and O–H groups in total. The summed E-state index contributed by atoms with van der Waals surface area (Å²) in [6, 6.07) is 20.0. The summed E-state index contributed by atoms with van der Waals surface area (Å²) in [7, 11) is 0. The molecule has 0 fully saturated rings. The average Bonchev–Trinajstić information content (AvgIpc) is 2.73. The number of carbonyl (C=O) groups excluding carboxylic acids is 1. The third kappa shape index (κ3) is 3.74. The van der Waals surface area contributed by atoms with E-state index in [-0.39, 0.29) is 5.91 Å². The summed E-state index contributed by atoms with van der Waals surface area (Å²) < 4.78 is 0. The molecular formula is C23H24N4O. The Morgan fingerprint density at radius 2 is 1.71 bits per heavy atom. The van der Waals surface area contributed by atoms with Crippen molar-refractivity contribution < 1.29 is 4.79 Å². The highest BCUT2D eigenvalue weighted by Gasteiger charge is 2.18. The first-order chi connectivity index (χ1) is 13.6. The van der Waals surface area contributed by atoms with E-state index in [9.17, 15) is 4.79 Å². The second-order valence-corrected chi connectivity index (χ2v) is 7.41. The predicted molar refractivity (Wildman–Crippen MR) is 112 cm³/mol. The standard InChI is InChI=1S/C23H24N4O/c1-16(2)19-9-5-6-10-20(19)24-23(28)21-11-12-22(26-25-21)27-14-13-17-7-3-4-8-18(17)15-27/h3-12,16H,13-15H2,1-2H3,(H,24,28). The van der Waals surface area contributed by atoms with Gasteiger partial charge < -0.3 is 10.2 Å². The lowest BCUT2D eigenvalue weighted by molar-refractivity contribution is 0.102. The number of anilines is 2. The van der Waals surface area contributed by atoms with Crippen LogP contribution in [0.5, 0.6) is 0 Å². The van der Waals surface area contributed by atoms with Crippen LogP contribution >= 0.6 is 0 Å². The van der Waals surface area contributed by atoms with E-state index in [4.69, 9.17) is 0 Å². The Morgan fingerprint density at radius 3 is 2.46 bits per heavy atom. The van der Waals surface area contributed by atoms with Gasteiger partial charge in [-0.3, -0.25) is 4.79 Å². The molecular weight excluding hydrogens is 348 g/mol. The number of nitrogens with zero attached hydrogens (tertiary/aromatic N) is 3. The number of hydrogen-bond donors (Lipinski definition) is 1. The number of carbonyl (C=O) groups is 1. The summed E-state index contributed by atoms with van der Waals surface area (Å²) in [4.78, 5) is 14.8. The molecule has 0 aliphatic carbocycles. The van der Waals surface area contributed by atoms with Crippen molar-refractivity contribution in [1.82, 2.24) is 10.2 Å². The number of nitrogens with one attached hydrogen (secondary N) is 1. The minimum absolute atomic E-state index is 0.240. The quantitative estimate of drug-likeness (QED) is 0.737. The highest BCUT2D eigenvalue weighted by atomic mass is 16.1. The molecule has 1 aliphatic heterocycles. The van der Waals surface area contributed by atoms with Crippen LogP contribution in [-0.4, -0.2) is 22.6 Å². The zero-order valence-corrected chi connectivity index (χ0v) is 16.2. The zero-order chi connectivity index (χ0) is 19.5. The van der Waals surface area contributed by atoms with Gasteiger partial charge in [-0.1, -0.05) is 56.3 Å². The van der Waals surface area contributed by atoms with E-state index in [0.717, 1.165) is 36.6 Å². The first-order valence-corrected chi connectivity index (χ1v) is 9.67. The molecule has 1 aliphatic rings. The van der Waals surface area contributed by atoms with Crippen molar-refractivity contribution in [3.8, 4) is 0 Å². The van der Waals surface area contributed by atoms with Crippen molar-refractivity contribution in [3.05, 3.63) is 83.0 Å². The second kappa shape index (κ2) is 7.80. The molecule has 1 amide bonds. The molecule has 0 unspecified atom stereocenters. The van der Waals surface area contributed by atoms with Gasteiger partial charge in [0, 0.05) is 18.8 Å². The van der Waals surface area contributed by atoms with Gasteiger partial charge in [0.15, 0.2) is 11.5 Å². The largest absolute Gasteiger partial charge is 0.350 e. The highest BCUT2D eigenvalue weighted by molar-refractivity contribution is 6.03. The van der Waals surface area contributed by atoms with Crippen LogP contribution in [0, 0.1) is 0 Å². The Morgan fingerprint density at radius 1 is 0.964 bits per heavy atom. The summed E-state index contributed by atoms with van der Waals surface area (Å²) in [6.45, 7) is 5.93. The van der Waals surface area contributed by atoms with E-state index in [1.165, 1.54) is 11.1 Å². The van der Waals surface area contributed by atoms with Gasteiger partial charge in [-0.2, -0.15) is 0 Å². The maximum atomic E-state index is 12.6. The van der Waals surface area contributed by atoms with Gasteiger partial charge in [-0.05, 0) is 47.2 Å². The van der Waals surface area contributed by atoms with Crippen molar-refractivity contribution in [1.29, 1.82) is 0 Å². The Balaban J connectivity index is 1.47. The van der Waals surface area contributed by atoms with Crippen LogP contribution in [0.15, 0.2) is 60.7 Å². The molecule has 5 heteroatoms. The van der Waals surface area contributed by atoms with Gasteiger partial charge in [0.25, 0.3) is 5.91 Å². The summed E-state index contributed by atoms with van der Waals surface area (Å²) in [5, 5.41) is 11.5. The molecule has 2 aromatic carbocycles. The molecule has 142 valence electrons. The Kier molecular flexibility index (Phi) is 5.06. The zero-order valence-electron chi connectivity index (χ0n) is 16.2. The average molecular weight is 372 g/mol. The van der Waals surface area contributed by atoms with Gasteiger partial charge in [0.05, 0.1) is 0 Å². The minimum atomic E-state index is -0.240. The van der Waals surface area contributed by atoms with Crippen molar-refractivity contribution >= 4 is 17.4 Å². The summed E-state index contributed by atoms with van der Waals surface area (Å²) >= 11 is 0. The van der Waals surface area contributed by atoms with E-state index in [0.29, 0.717) is 11.6 Å². The second-order valence-electron chi connectivity index (χ2n) is 7.41. The Labute approximate surface area is 165 Å². The highest BCUT2D eigenvalue weighted by Crippen LogP contribution is 2.25. The molecule has 1 aromatic heterocycles. The number of aromatic nitrogens is 2. The molecule has 0 bridgehead atoms. The lowest BCUT2D eigenvalue weighted by atomic mass is 10.00. The van der Waals surface area contributed by atoms with Gasteiger partial charge in [-0.25, -0.2) is 0 Å². The van der Waals surface area contributed by atoms with Gasteiger partial charge in [0.2, 0.25) is 0 Å². The fourth-order valence-electron chi connectivity index (χ4n) is 3.61. The van der Waals surface area contributed by atoms with Gasteiger partial charge in [-0.15, -0.1) is 10.2 Å². The fourth-order valence-corrected chi connectivity index (χ4v) is 3.61. The molecule has 0 spiro atoms. The maximum Gasteiger partial charge on any atom is 0.276 e. The van der Waals surface area contributed by atoms with E-state index in [2.05, 4.69) is 58.5 Å². The molecule has 0 saturated carbocycles. The normalized spacial score (nSPS) is 13.3. The van der Waals surface area contributed by atoms with Crippen molar-refractivity contribution in [2.75, 3.05) is 16.8 Å². The lowest BCUT2D eigenvalue weighted by Crippen LogP contribution is -2.31. The maximum absolute atomic E-state index is 12.6. The minimum Gasteiger partial charge on any atom is -0.350 e. The topological polar surface area (TPSA) is 58.1 Å².